The summed E-state index contributed by atoms with van der Waals surface area (Å²) in [5, 5.41) is 9.17. The second kappa shape index (κ2) is 4.77. The molecule has 0 saturated carbocycles. The molecule has 1 saturated heterocycles. The molecule has 0 aromatic heterocycles. The second-order valence-electron chi connectivity index (χ2n) is 4.91. The number of benzene rings is 1. The maximum absolute atomic E-state index is 9.17. The molecule has 0 radical (unpaired) electrons. The van der Waals surface area contributed by atoms with Gasteiger partial charge in [0.2, 0.25) is 0 Å². The summed E-state index contributed by atoms with van der Waals surface area (Å²) in [6, 6.07) is 8.88. The first-order valence-electron chi connectivity index (χ1n) is 6.07. The van der Waals surface area contributed by atoms with Gasteiger partial charge in [0.05, 0.1) is 11.3 Å². The van der Waals surface area contributed by atoms with E-state index in [4.69, 9.17) is 0 Å². The molecule has 1 unspecified atom stereocenters. The molecule has 1 heterocycles. The van der Waals surface area contributed by atoms with Crippen molar-refractivity contribution in [2.24, 2.45) is 0 Å². The van der Waals surface area contributed by atoms with Crippen molar-refractivity contribution in [2.45, 2.75) is 19.9 Å². The van der Waals surface area contributed by atoms with Gasteiger partial charge in [0, 0.05) is 25.7 Å². The quantitative estimate of drug-likeness (QED) is 0.738. The number of rotatable bonds is 1. The number of anilines is 1. The fourth-order valence-corrected chi connectivity index (χ4v) is 2.27. The van der Waals surface area contributed by atoms with Crippen LogP contribution in [0.2, 0.25) is 0 Å². The molecule has 0 aliphatic carbocycles. The molecule has 0 bridgehead atoms. The molecule has 0 amide bonds. The number of nitriles is 1. The van der Waals surface area contributed by atoms with Crippen LogP contribution in [-0.2, 0) is 0 Å². The van der Waals surface area contributed by atoms with Gasteiger partial charge in [0.1, 0.15) is 6.07 Å². The van der Waals surface area contributed by atoms with Crippen molar-refractivity contribution in [3.05, 3.63) is 29.3 Å². The van der Waals surface area contributed by atoms with Gasteiger partial charge in [-0.3, -0.25) is 0 Å². The Hall–Kier alpha value is -1.53. The van der Waals surface area contributed by atoms with Crippen LogP contribution in [0.25, 0.3) is 0 Å². The predicted octanol–water partition coefficient (Wildman–Crippen LogP) is 2.01. The summed E-state index contributed by atoms with van der Waals surface area (Å²) < 4.78 is 0. The number of nitrogens with zero attached hydrogens (tertiary/aromatic N) is 3. The largest absolute Gasteiger partial charge is 0.368 e. The average Bonchev–Trinajstić information content (AvgIpc) is 2.32. The van der Waals surface area contributed by atoms with Gasteiger partial charge < -0.3 is 9.80 Å². The standard InChI is InChI=1S/C14H19N3/c1-11-4-5-13(9-15)14(8-11)17-7-6-16(3)12(2)10-17/h4-5,8,12H,6-7,10H2,1-3H3. The van der Waals surface area contributed by atoms with Crippen molar-refractivity contribution in [3.8, 4) is 6.07 Å². The van der Waals surface area contributed by atoms with Crippen LogP contribution in [0.4, 0.5) is 5.69 Å². The van der Waals surface area contributed by atoms with E-state index in [1.807, 2.05) is 12.1 Å². The second-order valence-corrected chi connectivity index (χ2v) is 4.91. The van der Waals surface area contributed by atoms with E-state index in [2.05, 4.69) is 42.8 Å². The summed E-state index contributed by atoms with van der Waals surface area (Å²) in [6.07, 6.45) is 0. The molecular weight excluding hydrogens is 210 g/mol. The molecule has 90 valence electrons. The summed E-state index contributed by atoms with van der Waals surface area (Å²) in [7, 11) is 2.16. The Labute approximate surface area is 103 Å². The fraction of sp³-hybridized carbons (Fsp3) is 0.500. The Bertz CT molecular complexity index is 447. The van der Waals surface area contributed by atoms with E-state index >= 15 is 0 Å². The highest BCUT2D eigenvalue weighted by atomic mass is 15.3. The molecule has 1 aliphatic heterocycles. The Morgan fingerprint density at radius 1 is 1.35 bits per heavy atom. The summed E-state index contributed by atoms with van der Waals surface area (Å²) >= 11 is 0. The average molecular weight is 229 g/mol. The van der Waals surface area contributed by atoms with E-state index in [1.54, 1.807) is 0 Å². The van der Waals surface area contributed by atoms with Gasteiger partial charge in [-0.05, 0) is 38.6 Å². The highest BCUT2D eigenvalue weighted by molar-refractivity contribution is 5.61. The minimum absolute atomic E-state index is 0.538. The molecule has 3 nitrogen and oxygen atoms in total. The number of likely N-dealkylation sites (N-methyl/N-ethyl adjacent to an activating group) is 1. The Balaban J connectivity index is 2.28. The van der Waals surface area contributed by atoms with Crippen LogP contribution in [-0.4, -0.2) is 37.6 Å². The molecule has 1 aromatic rings. The zero-order valence-corrected chi connectivity index (χ0v) is 10.8. The minimum atomic E-state index is 0.538. The van der Waals surface area contributed by atoms with E-state index in [0.29, 0.717) is 6.04 Å². The van der Waals surface area contributed by atoms with Gasteiger partial charge in [-0.2, -0.15) is 5.26 Å². The van der Waals surface area contributed by atoms with Crippen LogP contribution in [0.3, 0.4) is 0 Å². The zero-order valence-electron chi connectivity index (χ0n) is 10.8. The van der Waals surface area contributed by atoms with E-state index in [1.165, 1.54) is 5.56 Å². The molecule has 3 heteroatoms. The van der Waals surface area contributed by atoms with Crippen LogP contribution in [0.1, 0.15) is 18.1 Å². The first-order chi connectivity index (χ1) is 8.11. The first kappa shape index (κ1) is 11.9. The van der Waals surface area contributed by atoms with Crippen LogP contribution >= 0.6 is 0 Å². The third-order valence-electron chi connectivity index (χ3n) is 3.57. The van der Waals surface area contributed by atoms with Crippen molar-refractivity contribution >= 4 is 5.69 Å². The molecule has 2 rings (SSSR count). The van der Waals surface area contributed by atoms with Gasteiger partial charge >= 0.3 is 0 Å². The Morgan fingerprint density at radius 3 is 2.76 bits per heavy atom. The lowest BCUT2D eigenvalue weighted by molar-refractivity contribution is 0.234. The number of aryl methyl sites for hydroxylation is 1. The summed E-state index contributed by atoms with van der Waals surface area (Å²) in [5.41, 5.74) is 3.09. The van der Waals surface area contributed by atoms with Gasteiger partial charge in [-0.15, -0.1) is 0 Å². The predicted molar refractivity (Wildman–Crippen MR) is 70.2 cm³/mol. The van der Waals surface area contributed by atoms with Crippen LogP contribution in [0.5, 0.6) is 0 Å². The molecule has 1 fully saturated rings. The van der Waals surface area contributed by atoms with Gasteiger partial charge in [-0.1, -0.05) is 6.07 Å². The van der Waals surface area contributed by atoms with E-state index < -0.39 is 0 Å². The zero-order chi connectivity index (χ0) is 12.4. The SMILES string of the molecule is Cc1ccc(C#N)c(N2CCN(C)C(C)C2)c1. The lowest BCUT2D eigenvalue weighted by Crippen LogP contribution is -2.50. The molecule has 1 aliphatic rings. The maximum Gasteiger partial charge on any atom is 0.101 e. The van der Waals surface area contributed by atoms with E-state index in [0.717, 1.165) is 30.9 Å². The van der Waals surface area contributed by atoms with Gasteiger partial charge in [-0.25, -0.2) is 0 Å². The van der Waals surface area contributed by atoms with Crippen LogP contribution in [0.15, 0.2) is 18.2 Å². The molecule has 0 spiro atoms. The van der Waals surface area contributed by atoms with Crippen LogP contribution < -0.4 is 4.90 Å². The summed E-state index contributed by atoms with van der Waals surface area (Å²) in [5.74, 6) is 0. The summed E-state index contributed by atoms with van der Waals surface area (Å²) in [6.45, 7) is 7.35. The summed E-state index contributed by atoms with van der Waals surface area (Å²) in [4.78, 5) is 4.69. The topological polar surface area (TPSA) is 30.3 Å². The molecule has 1 atom stereocenters. The highest BCUT2D eigenvalue weighted by Gasteiger charge is 2.22. The van der Waals surface area contributed by atoms with E-state index in [9.17, 15) is 5.26 Å². The monoisotopic (exact) mass is 229 g/mol. The molecule has 17 heavy (non-hydrogen) atoms. The number of piperazine rings is 1. The van der Waals surface area contributed by atoms with Crippen LogP contribution in [0, 0.1) is 18.3 Å². The van der Waals surface area contributed by atoms with Crippen molar-refractivity contribution in [2.75, 3.05) is 31.6 Å². The lowest BCUT2D eigenvalue weighted by atomic mass is 10.1. The lowest BCUT2D eigenvalue weighted by Gasteiger charge is -2.39. The van der Waals surface area contributed by atoms with Gasteiger partial charge in [0.15, 0.2) is 0 Å². The third-order valence-corrected chi connectivity index (χ3v) is 3.57. The highest BCUT2D eigenvalue weighted by Crippen LogP contribution is 2.24. The maximum atomic E-state index is 9.17. The van der Waals surface area contributed by atoms with Gasteiger partial charge in [0.25, 0.3) is 0 Å². The minimum Gasteiger partial charge on any atom is -0.368 e. The molecule has 1 aromatic carbocycles. The molecule has 0 N–H and O–H groups in total. The smallest absolute Gasteiger partial charge is 0.101 e. The van der Waals surface area contributed by atoms with Crippen molar-refractivity contribution in [1.29, 1.82) is 5.26 Å². The fourth-order valence-electron chi connectivity index (χ4n) is 2.27. The molecular formula is C14H19N3. The van der Waals surface area contributed by atoms with Crippen molar-refractivity contribution in [3.63, 3.8) is 0 Å². The Kier molecular flexibility index (Phi) is 3.35. The number of hydrogen-bond donors (Lipinski definition) is 0. The third kappa shape index (κ3) is 2.42. The first-order valence-corrected chi connectivity index (χ1v) is 6.07. The normalized spacial score (nSPS) is 21.3. The van der Waals surface area contributed by atoms with Crippen molar-refractivity contribution < 1.29 is 0 Å². The van der Waals surface area contributed by atoms with E-state index in [-0.39, 0.29) is 0 Å². The van der Waals surface area contributed by atoms with Crippen molar-refractivity contribution in [1.82, 2.24) is 4.90 Å². The number of hydrogen-bond acceptors (Lipinski definition) is 3. The Morgan fingerprint density at radius 2 is 2.12 bits per heavy atom.